The molecule has 0 radical (unpaired) electrons. The molecule has 0 spiro atoms. The maximum atomic E-state index is 7.52. The highest BCUT2D eigenvalue weighted by Gasteiger charge is 2.38. The molecule has 1 nitrogen and oxygen atoms in total. The van der Waals surface area contributed by atoms with Gasteiger partial charge in [0, 0.05) is 12.8 Å². The van der Waals surface area contributed by atoms with Crippen LogP contribution in [0.25, 0.3) is 0 Å². The minimum atomic E-state index is -0.419. The van der Waals surface area contributed by atoms with Gasteiger partial charge in [-0.05, 0) is 24.0 Å². The lowest BCUT2D eigenvalue weighted by Gasteiger charge is -2.42. The van der Waals surface area contributed by atoms with Crippen molar-refractivity contribution in [3.63, 3.8) is 0 Å². The number of benzene rings is 2. The normalized spacial score (nSPS) is 13.8. The van der Waals surface area contributed by atoms with E-state index in [1.54, 1.807) is 0 Å². The summed E-state index contributed by atoms with van der Waals surface area (Å²) in [7, 11) is 0. The molecule has 2 aromatic rings. The van der Waals surface area contributed by atoms with Gasteiger partial charge in [-0.3, -0.25) is 0 Å². The summed E-state index contributed by atoms with van der Waals surface area (Å²) in [5.41, 5.74) is 1.81. The van der Waals surface area contributed by atoms with Gasteiger partial charge in [0.2, 0.25) is 0 Å². The molecule has 2 rings (SSSR count). The van der Waals surface area contributed by atoms with Crippen molar-refractivity contribution in [3.05, 3.63) is 97.1 Å². The number of rotatable bonds is 38. The Hall–Kier alpha value is -2.12. The number of unbranched alkanes of at least 4 members (excludes halogenated alkanes) is 26. The Morgan fingerprint density at radius 2 is 0.623 bits per heavy atom. The van der Waals surface area contributed by atoms with Gasteiger partial charge in [0.15, 0.2) is 0 Å². The average Bonchev–Trinajstić information content (AvgIpc) is 3.18. The van der Waals surface area contributed by atoms with Crippen LogP contribution in [0.4, 0.5) is 0 Å². The second-order valence-electron chi connectivity index (χ2n) is 16.7. The predicted octanol–water partition coefficient (Wildman–Crippen LogP) is 17.1. The second kappa shape index (κ2) is 32.2. The summed E-state index contributed by atoms with van der Waals surface area (Å²) in [5.74, 6) is 0. The van der Waals surface area contributed by atoms with Crippen LogP contribution in [0, 0.1) is 0 Å². The SMILES string of the molecule is C=CC(CCCCCCCCCCCCCCCC)(Cc1ccccc1)OC(C=C)(CCCCCCCCCCCCCCCC)Cc1ccccc1. The lowest BCUT2D eigenvalue weighted by atomic mass is 9.84. The Kier molecular flexibility index (Phi) is 28.5. The summed E-state index contributed by atoms with van der Waals surface area (Å²) < 4.78 is 7.52. The fourth-order valence-electron chi connectivity index (χ4n) is 8.31. The average molecular weight is 727 g/mol. The summed E-state index contributed by atoms with van der Waals surface area (Å²) in [6, 6.07) is 21.9. The van der Waals surface area contributed by atoms with Crippen molar-refractivity contribution in [1.82, 2.24) is 0 Å². The fraction of sp³-hybridized carbons (Fsp3) is 0.692. The molecule has 0 saturated heterocycles. The Morgan fingerprint density at radius 1 is 0.377 bits per heavy atom. The molecule has 0 bridgehead atoms. The number of hydrogen-bond acceptors (Lipinski definition) is 1. The van der Waals surface area contributed by atoms with Crippen LogP contribution in [0.1, 0.15) is 218 Å². The highest BCUT2D eigenvalue weighted by molar-refractivity contribution is 5.23. The van der Waals surface area contributed by atoms with E-state index in [4.69, 9.17) is 4.74 Å². The van der Waals surface area contributed by atoms with Crippen molar-refractivity contribution in [2.24, 2.45) is 0 Å². The Balaban J connectivity index is 1.90. The van der Waals surface area contributed by atoms with E-state index < -0.39 is 11.2 Å². The topological polar surface area (TPSA) is 9.23 Å². The quantitative estimate of drug-likeness (QED) is 0.0494. The zero-order valence-electron chi connectivity index (χ0n) is 35.4. The van der Waals surface area contributed by atoms with Crippen molar-refractivity contribution < 1.29 is 4.74 Å². The standard InChI is InChI=1S/C52H86O/c1-5-9-11-13-15-17-19-21-23-25-27-29-31-39-45-51(7-3,47-49-41-35-33-36-42-49)53-52(8-4,48-50-43-37-34-38-44-50)46-40-32-30-28-26-24-22-20-18-16-14-12-10-6-2/h7-8,33-38,41-44H,3-6,9-32,39-40,45-48H2,1-2H3. The highest BCUT2D eigenvalue weighted by Crippen LogP contribution is 2.37. The fourth-order valence-corrected chi connectivity index (χ4v) is 8.31. The Morgan fingerprint density at radius 3 is 0.868 bits per heavy atom. The zero-order chi connectivity index (χ0) is 38.0. The largest absolute Gasteiger partial charge is 0.360 e. The first kappa shape index (κ1) is 47.0. The minimum Gasteiger partial charge on any atom is -0.360 e. The van der Waals surface area contributed by atoms with E-state index in [-0.39, 0.29) is 0 Å². The molecular weight excluding hydrogens is 641 g/mol. The van der Waals surface area contributed by atoms with Crippen molar-refractivity contribution in [3.8, 4) is 0 Å². The molecule has 0 aliphatic rings. The third-order valence-electron chi connectivity index (χ3n) is 11.7. The predicted molar refractivity (Wildman–Crippen MR) is 237 cm³/mol. The van der Waals surface area contributed by atoms with Crippen LogP contribution in [0.3, 0.4) is 0 Å². The van der Waals surface area contributed by atoms with Crippen LogP contribution >= 0.6 is 0 Å². The smallest absolute Gasteiger partial charge is 0.0912 e. The lowest BCUT2D eigenvalue weighted by molar-refractivity contribution is -0.116. The van der Waals surface area contributed by atoms with Crippen LogP contribution in [-0.4, -0.2) is 11.2 Å². The Labute approximate surface area is 331 Å². The highest BCUT2D eigenvalue weighted by atomic mass is 16.5. The first-order chi connectivity index (χ1) is 26.1. The van der Waals surface area contributed by atoms with Crippen molar-refractivity contribution >= 4 is 0 Å². The second-order valence-corrected chi connectivity index (χ2v) is 16.7. The van der Waals surface area contributed by atoms with E-state index in [9.17, 15) is 0 Å². The van der Waals surface area contributed by atoms with Gasteiger partial charge in [-0.25, -0.2) is 0 Å². The molecule has 300 valence electrons. The summed E-state index contributed by atoms with van der Waals surface area (Å²) in [6.45, 7) is 13.5. The molecule has 0 fully saturated rings. The van der Waals surface area contributed by atoms with E-state index in [0.717, 1.165) is 25.7 Å². The number of hydrogen-bond donors (Lipinski definition) is 0. The van der Waals surface area contributed by atoms with Gasteiger partial charge in [-0.15, -0.1) is 13.2 Å². The van der Waals surface area contributed by atoms with E-state index in [1.807, 2.05) is 0 Å². The van der Waals surface area contributed by atoms with Gasteiger partial charge in [0.25, 0.3) is 0 Å². The summed E-state index contributed by atoms with van der Waals surface area (Å²) >= 11 is 0. The van der Waals surface area contributed by atoms with Crippen LogP contribution in [0.5, 0.6) is 0 Å². The van der Waals surface area contributed by atoms with Gasteiger partial charge in [0.1, 0.15) is 0 Å². The van der Waals surface area contributed by atoms with E-state index in [0.29, 0.717) is 0 Å². The minimum absolute atomic E-state index is 0.419. The maximum Gasteiger partial charge on any atom is 0.0912 e. The van der Waals surface area contributed by atoms with Crippen LogP contribution in [0.15, 0.2) is 86.0 Å². The summed E-state index contributed by atoms with van der Waals surface area (Å²) in [6.07, 6.45) is 46.6. The van der Waals surface area contributed by atoms with Crippen molar-refractivity contribution in [1.29, 1.82) is 0 Å². The first-order valence-corrected chi connectivity index (χ1v) is 23.2. The molecule has 2 atom stereocenters. The molecule has 53 heavy (non-hydrogen) atoms. The molecule has 0 aliphatic heterocycles. The maximum absolute atomic E-state index is 7.52. The molecule has 0 amide bonds. The molecular formula is C52H86O. The third kappa shape index (κ3) is 23.4. The van der Waals surface area contributed by atoms with Crippen molar-refractivity contribution in [2.75, 3.05) is 0 Å². The van der Waals surface area contributed by atoms with Crippen LogP contribution in [-0.2, 0) is 17.6 Å². The van der Waals surface area contributed by atoms with E-state index in [1.165, 1.54) is 191 Å². The van der Waals surface area contributed by atoms with Crippen LogP contribution < -0.4 is 0 Å². The molecule has 0 heterocycles. The lowest BCUT2D eigenvalue weighted by Crippen LogP contribution is -2.45. The third-order valence-corrected chi connectivity index (χ3v) is 11.7. The molecule has 0 saturated carbocycles. The van der Waals surface area contributed by atoms with Crippen LogP contribution in [0.2, 0.25) is 0 Å². The summed E-state index contributed by atoms with van der Waals surface area (Å²) in [5, 5.41) is 0. The number of ether oxygens (including phenoxy) is 1. The van der Waals surface area contributed by atoms with Gasteiger partial charge < -0.3 is 4.74 Å². The van der Waals surface area contributed by atoms with Gasteiger partial charge in [-0.2, -0.15) is 0 Å². The molecule has 0 aliphatic carbocycles. The van der Waals surface area contributed by atoms with Gasteiger partial charge in [-0.1, -0.05) is 266 Å². The molecule has 2 aromatic carbocycles. The first-order valence-electron chi connectivity index (χ1n) is 23.2. The van der Waals surface area contributed by atoms with Crippen molar-refractivity contribution in [2.45, 2.75) is 231 Å². The van der Waals surface area contributed by atoms with Gasteiger partial charge in [0.05, 0.1) is 11.2 Å². The summed E-state index contributed by atoms with van der Waals surface area (Å²) in [4.78, 5) is 0. The zero-order valence-corrected chi connectivity index (χ0v) is 35.4. The van der Waals surface area contributed by atoms with E-state index >= 15 is 0 Å². The van der Waals surface area contributed by atoms with E-state index in [2.05, 4.69) is 99.8 Å². The molecule has 2 unspecified atom stereocenters. The molecule has 0 N–H and O–H groups in total. The molecule has 0 aromatic heterocycles. The van der Waals surface area contributed by atoms with Gasteiger partial charge >= 0.3 is 0 Å². The monoisotopic (exact) mass is 727 g/mol. The molecule has 1 heteroatoms. The Bertz CT molecular complexity index is 1000.